The molecule has 0 aromatic heterocycles. The Labute approximate surface area is 103 Å². The van der Waals surface area contributed by atoms with E-state index >= 15 is 0 Å². The van der Waals surface area contributed by atoms with Crippen molar-refractivity contribution in [1.82, 2.24) is 5.32 Å². The Kier molecular flexibility index (Phi) is 7.54. The first-order valence-electron chi connectivity index (χ1n) is 6.08. The fraction of sp³-hybridized carbons (Fsp3) is 0.833. The number of rotatable bonds is 6. The molecular weight excluding hydrogens is 220 g/mol. The van der Waals surface area contributed by atoms with Crippen molar-refractivity contribution in [2.24, 2.45) is 5.73 Å². The second-order valence-corrected chi connectivity index (χ2v) is 4.96. The normalized spacial score (nSPS) is 11.1. The quantitative estimate of drug-likeness (QED) is 0.414. The number of nitrogens with one attached hydrogen (secondary N) is 1. The zero-order valence-electron chi connectivity index (χ0n) is 11.0. The lowest BCUT2D eigenvalue weighted by Gasteiger charge is -2.18. The highest BCUT2D eigenvalue weighted by atomic mass is 16.6. The molecule has 0 unspecified atom stereocenters. The summed E-state index contributed by atoms with van der Waals surface area (Å²) in [6, 6.07) is 0. The summed E-state index contributed by atoms with van der Waals surface area (Å²) in [6.07, 6.45) is 3.92. The smallest absolute Gasteiger partial charge is 0.397 e. The van der Waals surface area contributed by atoms with Crippen LogP contribution in [0.1, 0.15) is 46.5 Å². The molecule has 3 N–H and O–H groups in total. The number of carbonyl (C=O) groups excluding carboxylic acids is 2. The molecule has 100 valence electrons. The van der Waals surface area contributed by atoms with Crippen LogP contribution in [0.5, 0.6) is 0 Å². The molecule has 17 heavy (non-hydrogen) atoms. The van der Waals surface area contributed by atoms with Crippen LogP contribution in [0.4, 0.5) is 0 Å². The molecule has 0 saturated carbocycles. The summed E-state index contributed by atoms with van der Waals surface area (Å²) in [4.78, 5) is 22.6. The van der Waals surface area contributed by atoms with Crippen LogP contribution >= 0.6 is 0 Å². The van der Waals surface area contributed by atoms with Crippen LogP contribution in [0.2, 0.25) is 0 Å². The summed E-state index contributed by atoms with van der Waals surface area (Å²) >= 11 is 0. The third-order valence-corrected chi connectivity index (χ3v) is 2.00. The highest BCUT2D eigenvalue weighted by molar-refractivity contribution is 6.32. The van der Waals surface area contributed by atoms with E-state index in [1.165, 1.54) is 0 Å². The predicted octanol–water partition coefficient (Wildman–Crippen LogP) is 0.963. The lowest BCUT2D eigenvalue weighted by atomic mass is 10.2. The third-order valence-electron chi connectivity index (χ3n) is 2.00. The molecule has 0 aliphatic carbocycles. The van der Waals surface area contributed by atoms with E-state index < -0.39 is 17.5 Å². The van der Waals surface area contributed by atoms with E-state index in [0.29, 0.717) is 13.1 Å². The zero-order valence-corrected chi connectivity index (χ0v) is 11.0. The first kappa shape index (κ1) is 15.9. The van der Waals surface area contributed by atoms with Crippen molar-refractivity contribution in [2.75, 3.05) is 13.1 Å². The molecule has 0 radical (unpaired) electrons. The molecule has 0 aliphatic rings. The van der Waals surface area contributed by atoms with Crippen molar-refractivity contribution in [1.29, 1.82) is 0 Å². The predicted molar refractivity (Wildman–Crippen MR) is 66.4 cm³/mol. The lowest BCUT2D eigenvalue weighted by molar-refractivity contribution is -0.163. The number of hydrogen-bond acceptors (Lipinski definition) is 4. The zero-order chi connectivity index (χ0) is 13.3. The molecule has 5 heteroatoms. The summed E-state index contributed by atoms with van der Waals surface area (Å²) < 4.78 is 4.93. The molecule has 0 spiro atoms. The van der Waals surface area contributed by atoms with Gasteiger partial charge in [0.15, 0.2) is 0 Å². The molecule has 1 amide bonds. The van der Waals surface area contributed by atoms with Gasteiger partial charge in [0.1, 0.15) is 5.60 Å². The fourth-order valence-corrected chi connectivity index (χ4v) is 1.22. The van der Waals surface area contributed by atoms with Crippen LogP contribution in [0.15, 0.2) is 0 Å². The Hall–Kier alpha value is -1.10. The maximum absolute atomic E-state index is 11.3. The number of carbonyl (C=O) groups is 2. The van der Waals surface area contributed by atoms with Gasteiger partial charge in [-0.25, -0.2) is 4.79 Å². The summed E-state index contributed by atoms with van der Waals surface area (Å²) in [7, 11) is 0. The van der Waals surface area contributed by atoms with Crippen molar-refractivity contribution in [3.8, 4) is 0 Å². The van der Waals surface area contributed by atoms with E-state index in [2.05, 4.69) is 5.32 Å². The average Bonchev–Trinajstić information content (AvgIpc) is 2.20. The summed E-state index contributed by atoms with van der Waals surface area (Å²) in [5.41, 5.74) is 4.73. The minimum absolute atomic E-state index is 0.503. The van der Waals surface area contributed by atoms with Crippen LogP contribution in [0.25, 0.3) is 0 Å². The van der Waals surface area contributed by atoms with E-state index in [1.807, 2.05) is 0 Å². The van der Waals surface area contributed by atoms with Crippen LogP contribution < -0.4 is 11.1 Å². The van der Waals surface area contributed by atoms with E-state index in [1.54, 1.807) is 20.8 Å². The van der Waals surface area contributed by atoms with Gasteiger partial charge in [-0.3, -0.25) is 4.79 Å². The molecule has 0 rings (SSSR count). The Morgan fingerprint density at radius 3 is 2.24 bits per heavy atom. The number of ether oxygens (including phenoxy) is 1. The monoisotopic (exact) mass is 244 g/mol. The first-order chi connectivity index (χ1) is 7.87. The van der Waals surface area contributed by atoms with Crippen LogP contribution in [0.3, 0.4) is 0 Å². The van der Waals surface area contributed by atoms with Crippen LogP contribution in [-0.4, -0.2) is 30.6 Å². The molecule has 0 aliphatic heterocycles. The Morgan fingerprint density at radius 1 is 1.12 bits per heavy atom. The maximum Gasteiger partial charge on any atom is 0.397 e. The first-order valence-corrected chi connectivity index (χ1v) is 6.08. The van der Waals surface area contributed by atoms with Gasteiger partial charge < -0.3 is 15.8 Å². The average molecular weight is 244 g/mol. The minimum Gasteiger partial charge on any atom is -0.453 e. The van der Waals surface area contributed by atoms with Crippen LogP contribution in [0, 0.1) is 0 Å². The van der Waals surface area contributed by atoms with Crippen molar-refractivity contribution in [2.45, 2.75) is 52.1 Å². The van der Waals surface area contributed by atoms with Crippen molar-refractivity contribution in [3.63, 3.8) is 0 Å². The van der Waals surface area contributed by atoms with E-state index in [9.17, 15) is 9.59 Å². The standard InChI is InChI=1S/C12H24N2O3/c1-12(2,3)17-11(16)10(15)14-9-7-5-4-6-8-13/h4-9,13H2,1-3H3,(H,14,15). The lowest BCUT2D eigenvalue weighted by Crippen LogP contribution is -2.37. The van der Waals surface area contributed by atoms with Gasteiger partial charge in [-0.05, 0) is 40.2 Å². The SMILES string of the molecule is CC(C)(C)OC(=O)C(=O)NCCCCCCN. The topological polar surface area (TPSA) is 81.4 Å². The fourth-order valence-electron chi connectivity index (χ4n) is 1.22. The molecule has 0 bridgehead atoms. The molecule has 0 atom stereocenters. The summed E-state index contributed by atoms with van der Waals surface area (Å²) in [6.45, 7) is 6.38. The minimum atomic E-state index is -0.820. The molecule has 5 nitrogen and oxygen atoms in total. The second kappa shape index (κ2) is 8.06. The molecule has 0 aromatic carbocycles. The molecular formula is C12H24N2O3. The number of esters is 1. The largest absolute Gasteiger partial charge is 0.453 e. The molecule has 0 aromatic rings. The second-order valence-electron chi connectivity index (χ2n) is 4.96. The highest BCUT2D eigenvalue weighted by Crippen LogP contribution is 2.06. The van der Waals surface area contributed by atoms with Gasteiger partial charge in [0.2, 0.25) is 0 Å². The maximum atomic E-state index is 11.3. The highest BCUT2D eigenvalue weighted by Gasteiger charge is 2.22. The van der Waals surface area contributed by atoms with Crippen LogP contribution in [-0.2, 0) is 14.3 Å². The number of unbranched alkanes of at least 4 members (excludes halogenated alkanes) is 3. The van der Waals surface area contributed by atoms with Gasteiger partial charge >= 0.3 is 11.9 Å². The number of amides is 1. The van der Waals surface area contributed by atoms with Crippen molar-refractivity contribution in [3.05, 3.63) is 0 Å². The van der Waals surface area contributed by atoms with Gasteiger partial charge in [-0.1, -0.05) is 12.8 Å². The van der Waals surface area contributed by atoms with Gasteiger partial charge in [0, 0.05) is 6.54 Å². The molecule has 0 fully saturated rings. The summed E-state index contributed by atoms with van der Waals surface area (Å²) in [5.74, 6) is -1.49. The Morgan fingerprint density at radius 2 is 1.71 bits per heavy atom. The Bertz CT molecular complexity index is 247. The van der Waals surface area contributed by atoms with E-state index in [-0.39, 0.29) is 0 Å². The van der Waals surface area contributed by atoms with E-state index in [0.717, 1.165) is 25.7 Å². The third kappa shape index (κ3) is 9.81. The van der Waals surface area contributed by atoms with Gasteiger partial charge in [-0.2, -0.15) is 0 Å². The van der Waals surface area contributed by atoms with Crippen molar-refractivity contribution < 1.29 is 14.3 Å². The van der Waals surface area contributed by atoms with Crippen molar-refractivity contribution >= 4 is 11.9 Å². The number of nitrogens with two attached hydrogens (primary N) is 1. The van der Waals surface area contributed by atoms with Gasteiger partial charge in [0.25, 0.3) is 0 Å². The van der Waals surface area contributed by atoms with Gasteiger partial charge in [-0.15, -0.1) is 0 Å². The van der Waals surface area contributed by atoms with Gasteiger partial charge in [0.05, 0.1) is 0 Å². The van der Waals surface area contributed by atoms with E-state index in [4.69, 9.17) is 10.5 Å². The summed E-state index contributed by atoms with van der Waals surface area (Å²) in [5, 5.41) is 2.54. The number of hydrogen-bond donors (Lipinski definition) is 2. The molecule has 0 heterocycles. The molecule has 0 saturated heterocycles. The Balaban J connectivity index is 3.62.